The Bertz CT molecular complexity index is 1470. The first-order valence-corrected chi connectivity index (χ1v) is 14.5. The second-order valence-electron chi connectivity index (χ2n) is 11.4. The van der Waals surface area contributed by atoms with E-state index in [1.165, 1.54) is 4.90 Å². The third-order valence-electron chi connectivity index (χ3n) is 8.45. The van der Waals surface area contributed by atoms with Crippen LogP contribution in [0, 0.1) is 5.41 Å². The number of nitrogens with zero attached hydrogens (tertiary/aromatic N) is 5. The summed E-state index contributed by atoms with van der Waals surface area (Å²) in [5.74, 6) is -1.42. The molecular formula is C30H34N8O5. The van der Waals surface area contributed by atoms with E-state index >= 15 is 0 Å². The molecule has 3 aliphatic rings. The molecule has 5 heterocycles. The summed E-state index contributed by atoms with van der Waals surface area (Å²) >= 11 is 0. The van der Waals surface area contributed by atoms with Crippen molar-refractivity contribution >= 4 is 23.6 Å². The van der Waals surface area contributed by atoms with Crippen LogP contribution in [0.1, 0.15) is 40.9 Å². The minimum absolute atomic E-state index is 0.0791. The quantitative estimate of drug-likeness (QED) is 0.379. The van der Waals surface area contributed by atoms with Crippen molar-refractivity contribution in [3.8, 4) is 0 Å². The van der Waals surface area contributed by atoms with E-state index in [1.54, 1.807) is 47.5 Å². The van der Waals surface area contributed by atoms with Gasteiger partial charge in [0, 0.05) is 62.9 Å². The fraction of sp³-hybridized carbons (Fsp3) is 0.433. The zero-order chi connectivity index (χ0) is 29.8. The molecule has 13 heteroatoms. The largest absolute Gasteiger partial charge is 0.381 e. The van der Waals surface area contributed by atoms with Crippen LogP contribution >= 0.6 is 0 Å². The Morgan fingerprint density at radius 2 is 1.84 bits per heavy atom. The maximum atomic E-state index is 13.7. The van der Waals surface area contributed by atoms with Crippen LogP contribution in [-0.2, 0) is 32.1 Å². The summed E-state index contributed by atoms with van der Waals surface area (Å²) in [4.78, 5) is 60.2. The molecule has 43 heavy (non-hydrogen) atoms. The van der Waals surface area contributed by atoms with Crippen molar-refractivity contribution in [3.05, 3.63) is 77.9 Å². The number of pyridine rings is 1. The highest BCUT2D eigenvalue weighted by Crippen LogP contribution is 2.32. The standard InChI is InChI=1S/C30H34N8O5/c39-26-24(13-23-17-37(36-35-23)16-20-5-4-10-31-15-20)34-27(40)25-14-22(18-38(25)28(41)21-6-2-1-3-7-21)33-29(42)30(19-32-26)8-11-43-12-9-30/h1-7,10,15,17,22,24-25H,8-9,11-14,16,18-19H2,(H,32,39)(H,33,42)(H,34,40)/t22-,24-,25+/m1/s1. The van der Waals surface area contributed by atoms with Gasteiger partial charge in [0.25, 0.3) is 5.91 Å². The molecule has 3 atom stereocenters. The lowest BCUT2D eigenvalue weighted by atomic mass is 9.78. The van der Waals surface area contributed by atoms with E-state index in [-0.39, 0.29) is 37.7 Å². The smallest absolute Gasteiger partial charge is 0.254 e. The minimum atomic E-state index is -0.997. The van der Waals surface area contributed by atoms with Crippen molar-refractivity contribution in [1.29, 1.82) is 0 Å². The minimum Gasteiger partial charge on any atom is -0.381 e. The van der Waals surface area contributed by atoms with E-state index in [4.69, 9.17) is 4.74 Å². The van der Waals surface area contributed by atoms with Gasteiger partial charge in [0.05, 0.1) is 17.7 Å². The van der Waals surface area contributed by atoms with Crippen molar-refractivity contribution in [2.24, 2.45) is 5.41 Å². The molecule has 224 valence electrons. The number of likely N-dealkylation sites (tertiary alicyclic amines) is 1. The van der Waals surface area contributed by atoms with E-state index in [0.717, 1.165) is 5.56 Å². The summed E-state index contributed by atoms with van der Waals surface area (Å²) in [6.45, 7) is 1.53. The van der Waals surface area contributed by atoms with E-state index in [1.807, 2.05) is 18.2 Å². The molecule has 3 fully saturated rings. The predicted octanol–water partition coefficient (Wildman–Crippen LogP) is 0.0748. The molecule has 2 aromatic heterocycles. The van der Waals surface area contributed by atoms with Crippen LogP contribution in [0.2, 0.25) is 0 Å². The number of aromatic nitrogens is 4. The molecule has 3 aromatic rings. The zero-order valence-electron chi connectivity index (χ0n) is 23.6. The zero-order valence-corrected chi connectivity index (χ0v) is 23.6. The van der Waals surface area contributed by atoms with Crippen LogP contribution in [0.5, 0.6) is 0 Å². The topological polar surface area (TPSA) is 160 Å². The normalized spacial score (nSPS) is 24.0. The number of benzene rings is 1. The summed E-state index contributed by atoms with van der Waals surface area (Å²) in [6.07, 6.45) is 6.36. The third-order valence-corrected chi connectivity index (χ3v) is 8.45. The Morgan fingerprint density at radius 1 is 1.02 bits per heavy atom. The van der Waals surface area contributed by atoms with Gasteiger partial charge in [-0.1, -0.05) is 29.5 Å². The number of fused-ring (bicyclic) bond motifs is 2. The molecule has 3 N–H and O–H groups in total. The van der Waals surface area contributed by atoms with E-state index in [0.29, 0.717) is 43.9 Å². The van der Waals surface area contributed by atoms with Gasteiger partial charge < -0.3 is 25.6 Å². The van der Waals surface area contributed by atoms with Crippen LogP contribution in [-0.4, -0.2) is 92.9 Å². The highest BCUT2D eigenvalue weighted by molar-refractivity contribution is 5.99. The third kappa shape index (κ3) is 6.26. The van der Waals surface area contributed by atoms with Gasteiger partial charge >= 0.3 is 0 Å². The number of hydrogen-bond acceptors (Lipinski definition) is 8. The van der Waals surface area contributed by atoms with E-state index < -0.39 is 35.4 Å². The molecule has 3 aliphatic heterocycles. The van der Waals surface area contributed by atoms with Crippen molar-refractivity contribution in [2.75, 3.05) is 26.3 Å². The first kappa shape index (κ1) is 28.5. The van der Waals surface area contributed by atoms with E-state index in [9.17, 15) is 19.2 Å². The van der Waals surface area contributed by atoms with Crippen molar-refractivity contribution in [3.63, 3.8) is 0 Å². The lowest BCUT2D eigenvalue weighted by Gasteiger charge is -2.37. The molecule has 0 radical (unpaired) electrons. The van der Waals surface area contributed by atoms with Crippen LogP contribution in [0.4, 0.5) is 0 Å². The molecule has 1 aromatic carbocycles. The molecule has 0 aliphatic carbocycles. The Kier molecular flexibility index (Phi) is 8.14. The van der Waals surface area contributed by atoms with Gasteiger partial charge in [-0.25, -0.2) is 4.68 Å². The Morgan fingerprint density at radius 3 is 2.60 bits per heavy atom. The fourth-order valence-electron chi connectivity index (χ4n) is 6.00. The first-order valence-electron chi connectivity index (χ1n) is 14.5. The average Bonchev–Trinajstić information content (AvgIpc) is 3.67. The molecule has 0 saturated carbocycles. The Hall–Kier alpha value is -4.65. The maximum absolute atomic E-state index is 13.7. The molecular weight excluding hydrogens is 552 g/mol. The number of hydrogen-bond donors (Lipinski definition) is 3. The van der Waals surface area contributed by atoms with Gasteiger partial charge in [0.1, 0.15) is 12.1 Å². The molecule has 2 bridgehead atoms. The van der Waals surface area contributed by atoms with Crippen molar-refractivity contribution in [1.82, 2.24) is 40.8 Å². The highest BCUT2D eigenvalue weighted by atomic mass is 16.5. The average molecular weight is 587 g/mol. The van der Waals surface area contributed by atoms with Gasteiger partial charge in [-0.2, -0.15) is 0 Å². The molecule has 1 spiro atoms. The van der Waals surface area contributed by atoms with E-state index in [2.05, 4.69) is 31.2 Å². The Labute approximate surface area is 248 Å². The molecule has 0 unspecified atom stereocenters. The highest BCUT2D eigenvalue weighted by Gasteiger charge is 2.46. The summed E-state index contributed by atoms with van der Waals surface area (Å²) in [5.41, 5.74) is 1.03. The van der Waals surface area contributed by atoms with Crippen molar-refractivity contribution in [2.45, 2.75) is 50.4 Å². The van der Waals surface area contributed by atoms with Crippen LogP contribution in [0.15, 0.2) is 61.1 Å². The van der Waals surface area contributed by atoms with Gasteiger partial charge in [0.2, 0.25) is 17.7 Å². The summed E-state index contributed by atoms with van der Waals surface area (Å²) in [7, 11) is 0. The predicted molar refractivity (Wildman–Crippen MR) is 152 cm³/mol. The molecule has 13 nitrogen and oxygen atoms in total. The van der Waals surface area contributed by atoms with Gasteiger partial charge in [0.15, 0.2) is 0 Å². The monoisotopic (exact) mass is 586 g/mol. The van der Waals surface area contributed by atoms with Gasteiger partial charge in [-0.3, -0.25) is 24.2 Å². The molecule has 4 amide bonds. The summed E-state index contributed by atoms with van der Waals surface area (Å²) < 4.78 is 7.18. The van der Waals surface area contributed by atoms with Crippen LogP contribution in [0.3, 0.4) is 0 Å². The number of carbonyl (C=O) groups excluding carboxylic acids is 4. The van der Waals surface area contributed by atoms with Crippen LogP contribution in [0.25, 0.3) is 0 Å². The summed E-state index contributed by atoms with van der Waals surface area (Å²) in [5, 5.41) is 17.3. The SMILES string of the molecule is O=C1NCC2(CCOCC2)C(=O)N[C@@H]2C[C@@H](C(=O)N[C@@H]1Cc1cn(Cc3cccnc3)nn1)N(C(=O)c1ccccc1)C2. The summed E-state index contributed by atoms with van der Waals surface area (Å²) in [6, 6.07) is 10.2. The van der Waals surface area contributed by atoms with Gasteiger partial charge in [-0.15, -0.1) is 5.10 Å². The first-order chi connectivity index (χ1) is 20.9. The lowest BCUT2D eigenvalue weighted by molar-refractivity contribution is -0.139. The number of nitrogens with one attached hydrogen (secondary N) is 3. The Balaban J connectivity index is 1.27. The number of carbonyl (C=O) groups is 4. The van der Waals surface area contributed by atoms with Crippen molar-refractivity contribution < 1.29 is 23.9 Å². The van der Waals surface area contributed by atoms with Gasteiger partial charge in [-0.05, 0) is 43.0 Å². The lowest BCUT2D eigenvalue weighted by Crippen LogP contribution is -2.57. The number of rotatable bonds is 5. The molecule has 6 rings (SSSR count). The van der Waals surface area contributed by atoms with Crippen LogP contribution < -0.4 is 16.0 Å². The molecule has 3 saturated heterocycles. The second-order valence-corrected chi connectivity index (χ2v) is 11.4. The number of ether oxygens (including phenoxy) is 1. The number of amides is 4. The maximum Gasteiger partial charge on any atom is 0.254 e. The second kappa shape index (κ2) is 12.3. The fourth-order valence-corrected chi connectivity index (χ4v) is 6.00.